The van der Waals surface area contributed by atoms with E-state index in [9.17, 15) is 5.11 Å². The highest BCUT2D eigenvalue weighted by molar-refractivity contribution is 5.43. The molecular formula is C18H31NO2. The van der Waals surface area contributed by atoms with Crippen LogP contribution >= 0.6 is 0 Å². The van der Waals surface area contributed by atoms with E-state index in [0.717, 1.165) is 36.4 Å². The number of aryl methyl sites for hydroxylation is 2. The molecule has 120 valence electrons. The minimum atomic E-state index is -0.805. The van der Waals surface area contributed by atoms with Crippen molar-refractivity contribution in [1.29, 1.82) is 0 Å². The van der Waals surface area contributed by atoms with Gasteiger partial charge >= 0.3 is 0 Å². The zero-order valence-corrected chi connectivity index (χ0v) is 14.4. The fourth-order valence-electron chi connectivity index (χ4n) is 2.16. The highest BCUT2D eigenvalue weighted by atomic mass is 16.5. The number of rotatable bonds is 8. The molecule has 0 heterocycles. The van der Waals surface area contributed by atoms with Crippen LogP contribution in [-0.2, 0) is 6.54 Å². The van der Waals surface area contributed by atoms with Gasteiger partial charge < -0.3 is 15.2 Å². The lowest BCUT2D eigenvalue weighted by Gasteiger charge is -2.28. The monoisotopic (exact) mass is 293 g/mol. The number of aliphatic hydroxyl groups is 1. The van der Waals surface area contributed by atoms with Gasteiger partial charge in [0, 0.05) is 6.54 Å². The van der Waals surface area contributed by atoms with Crippen LogP contribution in [0.2, 0.25) is 0 Å². The maximum absolute atomic E-state index is 10.3. The van der Waals surface area contributed by atoms with E-state index in [4.69, 9.17) is 4.74 Å². The minimum Gasteiger partial charge on any atom is -0.490 e. The molecule has 1 atom stereocenters. The second kappa shape index (κ2) is 7.81. The first-order valence-electron chi connectivity index (χ1n) is 7.94. The molecular weight excluding hydrogens is 262 g/mol. The Balaban J connectivity index is 2.76. The van der Waals surface area contributed by atoms with Crippen molar-refractivity contribution in [2.45, 2.75) is 60.1 Å². The molecule has 0 radical (unpaired) electrons. The molecule has 3 nitrogen and oxygen atoms in total. The van der Waals surface area contributed by atoms with Crippen LogP contribution in [0.3, 0.4) is 0 Å². The molecule has 0 saturated heterocycles. The van der Waals surface area contributed by atoms with E-state index in [1.54, 1.807) is 0 Å². The molecule has 0 aliphatic rings. The fourth-order valence-corrected chi connectivity index (χ4v) is 2.16. The Kier molecular flexibility index (Phi) is 6.69. The highest BCUT2D eigenvalue weighted by Gasteiger charge is 2.26. The summed E-state index contributed by atoms with van der Waals surface area (Å²) in [6, 6.07) is 4.32. The van der Waals surface area contributed by atoms with Gasteiger partial charge in [-0.2, -0.15) is 0 Å². The first-order valence-corrected chi connectivity index (χ1v) is 7.94. The third kappa shape index (κ3) is 5.33. The Morgan fingerprint density at radius 1 is 1.24 bits per heavy atom. The average molecular weight is 293 g/mol. The topological polar surface area (TPSA) is 41.5 Å². The van der Waals surface area contributed by atoms with Gasteiger partial charge in [0.2, 0.25) is 0 Å². The van der Waals surface area contributed by atoms with Gasteiger partial charge in [-0.1, -0.05) is 32.9 Å². The zero-order valence-electron chi connectivity index (χ0n) is 14.4. The smallest absolute Gasteiger partial charge is 0.125 e. The summed E-state index contributed by atoms with van der Waals surface area (Å²) in [6.07, 6.45) is 1.14. The summed E-state index contributed by atoms with van der Waals surface area (Å²) >= 11 is 0. The van der Waals surface area contributed by atoms with Crippen molar-refractivity contribution in [2.75, 3.05) is 13.2 Å². The Morgan fingerprint density at radius 2 is 1.81 bits per heavy atom. The molecule has 0 bridgehead atoms. The number of nitrogens with one attached hydrogen (secondary N) is 1. The maximum Gasteiger partial charge on any atom is 0.125 e. The largest absolute Gasteiger partial charge is 0.490 e. The van der Waals surface area contributed by atoms with Crippen LogP contribution in [0.1, 0.15) is 50.8 Å². The van der Waals surface area contributed by atoms with Crippen LogP contribution in [0.25, 0.3) is 0 Å². The van der Waals surface area contributed by atoms with Gasteiger partial charge in [-0.15, -0.1) is 0 Å². The van der Waals surface area contributed by atoms with Crippen molar-refractivity contribution in [3.05, 3.63) is 28.8 Å². The average Bonchev–Trinajstić information content (AvgIpc) is 2.37. The van der Waals surface area contributed by atoms with Crippen molar-refractivity contribution < 1.29 is 9.84 Å². The van der Waals surface area contributed by atoms with Gasteiger partial charge in [-0.05, 0) is 56.3 Å². The van der Waals surface area contributed by atoms with E-state index >= 15 is 0 Å². The second-order valence-electron chi connectivity index (χ2n) is 6.54. The van der Waals surface area contributed by atoms with Crippen molar-refractivity contribution in [2.24, 2.45) is 5.92 Å². The summed E-state index contributed by atoms with van der Waals surface area (Å²) in [5, 5.41) is 13.7. The van der Waals surface area contributed by atoms with Gasteiger partial charge in [-0.25, -0.2) is 0 Å². The lowest BCUT2D eigenvalue weighted by atomic mass is 9.93. The van der Waals surface area contributed by atoms with Gasteiger partial charge in [0.1, 0.15) is 12.4 Å². The number of ether oxygens (including phenoxy) is 1. The zero-order chi connectivity index (χ0) is 16.0. The van der Waals surface area contributed by atoms with Crippen molar-refractivity contribution in [3.8, 4) is 5.75 Å². The first-order chi connectivity index (χ1) is 9.77. The number of hydrogen-bond acceptors (Lipinski definition) is 3. The van der Waals surface area contributed by atoms with Crippen LogP contribution in [0.4, 0.5) is 0 Å². The SMILES string of the molecule is CCCNCc1cc(C)c(OCC(C)(O)C(C)C)c(C)c1. The Labute approximate surface area is 129 Å². The molecule has 1 unspecified atom stereocenters. The highest BCUT2D eigenvalue weighted by Crippen LogP contribution is 2.27. The van der Waals surface area contributed by atoms with Crippen LogP contribution in [0, 0.1) is 19.8 Å². The maximum atomic E-state index is 10.3. The molecule has 0 amide bonds. The van der Waals surface area contributed by atoms with Crippen LogP contribution < -0.4 is 10.1 Å². The predicted molar refractivity (Wildman–Crippen MR) is 88.9 cm³/mol. The molecule has 2 N–H and O–H groups in total. The lowest BCUT2D eigenvalue weighted by molar-refractivity contribution is -0.0269. The van der Waals surface area contributed by atoms with Crippen molar-refractivity contribution in [1.82, 2.24) is 5.32 Å². The van der Waals surface area contributed by atoms with E-state index in [1.165, 1.54) is 5.56 Å². The van der Waals surface area contributed by atoms with E-state index in [0.29, 0.717) is 6.61 Å². The van der Waals surface area contributed by atoms with Crippen LogP contribution in [0.5, 0.6) is 5.75 Å². The van der Waals surface area contributed by atoms with Crippen LogP contribution in [-0.4, -0.2) is 23.9 Å². The quantitative estimate of drug-likeness (QED) is 0.720. The normalized spacial score (nSPS) is 14.3. The summed E-state index contributed by atoms with van der Waals surface area (Å²) in [5.41, 5.74) is 2.73. The van der Waals surface area contributed by atoms with Gasteiger partial charge in [0.05, 0.1) is 5.60 Å². The molecule has 21 heavy (non-hydrogen) atoms. The van der Waals surface area contributed by atoms with Crippen molar-refractivity contribution >= 4 is 0 Å². The second-order valence-corrected chi connectivity index (χ2v) is 6.54. The molecule has 0 aromatic heterocycles. The van der Waals surface area contributed by atoms with E-state index in [1.807, 2.05) is 20.8 Å². The summed E-state index contributed by atoms with van der Waals surface area (Å²) < 4.78 is 5.90. The molecule has 1 rings (SSSR count). The summed E-state index contributed by atoms with van der Waals surface area (Å²) in [5.74, 6) is 1.06. The summed E-state index contributed by atoms with van der Waals surface area (Å²) in [7, 11) is 0. The van der Waals surface area contributed by atoms with E-state index in [-0.39, 0.29) is 5.92 Å². The lowest BCUT2D eigenvalue weighted by Crippen LogP contribution is -2.38. The summed E-state index contributed by atoms with van der Waals surface area (Å²) in [6.45, 7) is 14.4. The molecule has 0 aliphatic heterocycles. The van der Waals surface area contributed by atoms with Crippen LogP contribution in [0.15, 0.2) is 12.1 Å². The Hall–Kier alpha value is -1.06. The molecule has 1 aromatic carbocycles. The standard InChI is InChI=1S/C18H31NO2/c1-7-8-19-11-16-9-14(4)17(15(5)10-16)21-12-18(6,20)13(2)3/h9-10,13,19-20H,7-8,11-12H2,1-6H3. The van der Waals surface area contributed by atoms with Gasteiger partial charge in [0.25, 0.3) is 0 Å². The first kappa shape index (κ1) is 18.0. The number of benzene rings is 1. The third-order valence-electron chi connectivity index (χ3n) is 4.03. The Morgan fingerprint density at radius 3 is 2.29 bits per heavy atom. The molecule has 0 fully saturated rings. The third-order valence-corrected chi connectivity index (χ3v) is 4.03. The van der Waals surface area contributed by atoms with Gasteiger partial charge in [-0.3, -0.25) is 0 Å². The molecule has 0 aliphatic carbocycles. The van der Waals surface area contributed by atoms with E-state index < -0.39 is 5.60 Å². The van der Waals surface area contributed by atoms with Crippen molar-refractivity contribution in [3.63, 3.8) is 0 Å². The number of hydrogen-bond donors (Lipinski definition) is 2. The fraction of sp³-hybridized carbons (Fsp3) is 0.667. The predicted octanol–water partition coefficient (Wildman–Crippen LogP) is 3.59. The molecule has 0 spiro atoms. The minimum absolute atomic E-state index is 0.163. The van der Waals surface area contributed by atoms with Gasteiger partial charge in [0.15, 0.2) is 0 Å². The molecule has 3 heteroatoms. The summed E-state index contributed by atoms with van der Waals surface area (Å²) in [4.78, 5) is 0. The Bertz CT molecular complexity index is 430. The van der Waals surface area contributed by atoms with E-state index in [2.05, 4.69) is 38.2 Å². The molecule has 1 aromatic rings. The molecule has 0 saturated carbocycles.